The van der Waals surface area contributed by atoms with Gasteiger partial charge in [0.25, 0.3) is 0 Å². The summed E-state index contributed by atoms with van der Waals surface area (Å²) in [6.45, 7) is 4.16. The average Bonchev–Trinajstić information content (AvgIpc) is 2.28. The fourth-order valence-corrected chi connectivity index (χ4v) is 2.05. The largest absolute Gasteiger partial charge is 0.391 e. The van der Waals surface area contributed by atoms with E-state index >= 15 is 0 Å². The third kappa shape index (κ3) is 4.84. The molecular formula is C13H20BrClFNO. The highest BCUT2D eigenvalue weighted by Crippen LogP contribution is 2.26. The van der Waals surface area contributed by atoms with E-state index in [1.165, 1.54) is 0 Å². The SMILES string of the molecule is CC(C)CC[C@H](O)[C@H](N)c1cccc(Br)c1F.Cl. The molecule has 1 aromatic carbocycles. The Morgan fingerprint density at radius 3 is 2.50 bits per heavy atom. The van der Waals surface area contributed by atoms with Crippen molar-refractivity contribution >= 4 is 28.3 Å². The Balaban J connectivity index is 0.00000289. The Labute approximate surface area is 122 Å². The highest BCUT2D eigenvalue weighted by molar-refractivity contribution is 9.10. The Kier molecular flexibility index (Phi) is 8.03. The van der Waals surface area contributed by atoms with Gasteiger partial charge in [-0.05, 0) is 40.8 Å². The van der Waals surface area contributed by atoms with Crippen molar-refractivity contribution in [1.29, 1.82) is 0 Å². The van der Waals surface area contributed by atoms with Crippen LogP contribution in [0.3, 0.4) is 0 Å². The third-order valence-electron chi connectivity index (χ3n) is 2.79. The molecule has 0 radical (unpaired) electrons. The summed E-state index contributed by atoms with van der Waals surface area (Å²) in [5.41, 5.74) is 6.24. The minimum absolute atomic E-state index is 0. The summed E-state index contributed by atoms with van der Waals surface area (Å²) in [4.78, 5) is 0. The fraction of sp³-hybridized carbons (Fsp3) is 0.538. The van der Waals surface area contributed by atoms with Crippen LogP contribution in [0, 0.1) is 11.7 Å². The molecule has 1 rings (SSSR count). The lowest BCUT2D eigenvalue weighted by Crippen LogP contribution is -2.27. The molecule has 2 nitrogen and oxygen atoms in total. The van der Waals surface area contributed by atoms with Crippen molar-refractivity contribution in [3.63, 3.8) is 0 Å². The van der Waals surface area contributed by atoms with Crippen molar-refractivity contribution in [2.75, 3.05) is 0 Å². The summed E-state index contributed by atoms with van der Waals surface area (Å²) in [6, 6.07) is 4.28. The Hall–Kier alpha value is -0.160. The van der Waals surface area contributed by atoms with Gasteiger partial charge in [-0.3, -0.25) is 0 Å². The second-order valence-corrected chi connectivity index (χ2v) is 5.56. The number of halogens is 3. The molecule has 0 unspecified atom stereocenters. The molecule has 18 heavy (non-hydrogen) atoms. The van der Waals surface area contributed by atoms with E-state index in [0.717, 1.165) is 6.42 Å². The lowest BCUT2D eigenvalue weighted by Gasteiger charge is -2.20. The number of nitrogens with two attached hydrogens (primary N) is 1. The second-order valence-electron chi connectivity index (χ2n) is 4.71. The molecule has 0 heterocycles. The molecule has 1 aromatic rings. The number of aliphatic hydroxyl groups is 1. The fourth-order valence-electron chi connectivity index (χ4n) is 1.67. The van der Waals surface area contributed by atoms with Crippen molar-refractivity contribution in [3.8, 4) is 0 Å². The van der Waals surface area contributed by atoms with Crippen LogP contribution in [0.2, 0.25) is 0 Å². The van der Waals surface area contributed by atoms with Crippen molar-refractivity contribution in [2.24, 2.45) is 11.7 Å². The van der Waals surface area contributed by atoms with Gasteiger partial charge in [0.15, 0.2) is 0 Å². The number of aliphatic hydroxyl groups excluding tert-OH is 1. The normalized spacial score (nSPS) is 14.2. The first kappa shape index (κ1) is 17.8. The number of benzene rings is 1. The predicted octanol–water partition coefficient (Wildman–Crippen LogP) is 3.81. The van der Waals surface area contributed by atoms with E-state index < -0.39 is 12.1 Å². The zero-order chi connectivity index (χ0) is 13.0. The summed E-state index contributed by atoms with van der Waals surface area (Å²) in [6.07, 6.45) is 0.760. The van der Waals surface area contributed by atoms with Crippen LogP contribution in [0.25, 0.3) is 0 Å². The Bertz CT molecular complexity index is 376. The molecule has 0 aliphatic rings. The molecule has 104 valence electrons. The predicted molar refractivity (Wildman–Crippen MR) is 78.4 cm³/mol. The summed E-state index contributed by atoms with van der Waals surface area (Å²) < 4.78 is 14.1. The molecule has 0 spiro atoms. The van der Waals surface area contributed by atoms with Crippen LogP contribution >= 0.6 is 28.3 Å². The van der Waals surface area contributed by atoms with Gasteiger partial charge in [0.05, 0.1) is 16.6 Å². The molecule has 0 fully saturated rings. The smallest absolute Gasteiger partial charge is 0.142 e. The lowest BCUT2D eigenvalue weighted by atomic mass is 9.96. The lowest BCUT2D eigenvalue weighted by molar-refractivity contribution is 0.127. The first-order chi connectivity index (χ1) is 7.93. The Morgan fingerprint density at radius 1 is 1.33 bits per heavy atom. The van der Waals surface area contributed by atoms with Crippen LogP contribution in [-0.2, 0) is 0 Å². The van der Waals surface area contributed by atoms with Gasteiger partial charge in [-0.1, -0.05) is 26.0 Å². The van der Waals surface area contributed by atoms with Gasteiger partial charge in [0.2, 0.25) is 0 Å². The summed E-state index contributed by atoms with van der Waals surface area (Å²) in [7, 11) is 0. The molecule has 0 aliphatic carbocycles. The van der Waals surface area contributed by atoms with E-state index in [4.69, 9.17) is 5.73 Å². The van der Waals surface area contributed by atoms with Crippen LogP contribution in [0.5, 0.6) is 0 Å². The molecule has 0 amide bonds. The van der Waals surface area contributed by atoms with Crippen molar-refractivity contribution in [2.45, 2.75) is 38.8 Å². The monoisotopic (exact) mass is 339 g/mol. The molecule has 3 N–H and O–H groups in total. The molecule has 0 saturated carbocycles. The van der Waals surface area contributed by atoms with Gasteiger partial charge < -0.3 is 10.8 Å². The van der Waals surface area contributed by atoms with Crippen molar-refractivity contribution in [1.82, 2.24) is 0 Å². The summed E-state index contributed by atoms with van der Waals surface area (Å²) >= 11 is 3.11. The molecule has 5 heteroatoms. The molecule has 0 saturated heterocycles. The molecule has 0 aromatic heterocycles. The first-order valence-corrected chi connectivity index (χ1v) is 6.60. The molecule has 0 bridgehead atoms. The number of hydrogen-bond donors (Lipinski definition) is 2. The second kappa shape index (κ2) is 8.10. The van der Waals surface area contributed by atoms with Gasteiger partial charge in [-0.25, -0.2) is 4.39 Å². The number of rotatable bonds is 5. The van der Waals surface area contributed by atoms with Crippen LogP contribution in [-0.4, -0.2) is 11.2 Å². The maximum Gasteiger partial charge on any atom is 0.142 e. The topological polar surface area (TPSA) is 46.2 Å². The van der Waals surface area contributed by atoms with E-state index in [2.05, 4.69) is 29.8 Å². The molecular weight excluding hydrogens is 321 g/mol. The van der Waals surface area contributed by atoms with Crippen molar-refractivity contribution in [3.05, 3.63) is 34.1 Å². The van der Waals surface area contributed by atoms with E-state index in [0.29, 0.717) is 22.4 Å². The molecule has 2 atom stereocenters. The highest BCUT2D eigenvalue weighted by atomic mass is 79.9. The zero-order valence-corrected chi connectivity index (χ0v) is 13.0. The molecule has 0 aliphatic heterocycles. The summed E-state index contributed by atoms with van der Waals surface area (Å²) in [5, 5.41) is 9.93. The van der Waals surface area contributed by atoms with Gasteiger partial charge in [0, 0.05) is 5.56 Å². The standard InChI is InChI=1S/C13H19BrFNO.ClH/c1-8(2)6-7-11(17)13(16)9-4-3-5-10(14)12(9)15;/h3-5,8,11,13,17H,6-7,16H2,1-2H3;1H/t11-,13+;/m0./s1. The zero-order valence-electron chi connectivity index (χ0n) is 10.6. The average molecular weight is 341 g/mol. The van der Waals surface area contributed by atoms with Gasteiger partial charge in [0.1, 0.15) is 5.82 Å². The minimum Gasteiger partial charge on any atom is -0.391 e. The maximum atomic E-state index is 13.8. The summed E-state index contributed by atoms with van der Waals surface area (Å²) in [5.74, 6) is 0.118. The van der Waals surface area contributed by atoms with Crippen LogP contribution in [0.1, 0.15) is 38.3 Å². The van der Waals surface area contributed by atoms with Crippen molar-refractivity contribution < 1.29 is 9.50 Å². The Morgan fingerprint density at radius 2 is 1.94 bits per heavy atom. The third-order valence-corrected chi connectivity index (χ3v) is 3.41. The van der Waals surface area contributed by atoms with E-state index in [-0.39, 0.29) is 18.2 Å². The van der Waals surface area contributed by atoms with Crippen LogP contribution < -0.4 is 5.73 Å². The highest BCUT2D eigenvalue weighted by Gasteiger charge is 2.21. The van der Waals surface area contributed by atoms with Crippen LogP contribution in [0.4, 0.5) is 4.39 Å². The van der Waals surface area contributed by atoms with E-state index in [1.54, 1.807) is 18.2 Å². The van der Waals surface area contributed by atoms with Gasteiger partial charge in [-0.2, -0.15) is 0 Å². The van der Waals surface area contributed by atoms with E-state index in [1.807, 2.05) is 0 Å². The minimum atomic E-state index is -0.707. The maximum absolute atomic E-state index is 13.8. The van der Waals surface area contributed by atoms with Gasteiger partial charge in [-0.15, -0.1) is 12.4 Å². The van der Waals surface area contributed by atoms with E-state index in [9.17, 15) is 9.50 Å². The number of hydrogen-bond acceptors (Lipinski definition) is 2. The van der Waals surface area contributed by atoms with Crippen LogP contribution in [0.15, 0.2) is 22.7 Å². The quantitative estimate of drug-likeness (QED) is 0.856. The van der Waals surface area contributed by atoms with Gasteiger partial charge >= 0.3 is 0 Å². The first-order valence-electron chi connectivity index (χ1n) is 5.81.